The molecule has 5 heteroatoms. The predicted molar refractivity (Wildman–Crippen MR) is 83.4 cm³/mol. The Hall–Kier alpha value is -1.88. The lowest BCUT2D eigenvalue weighted by Crippen LogP contribution is -2.20. The molecule has 0 aliphatic carbocycles. The zero-order chi connectivity index (χ0) is 15.4. The predicted octanol–water partition coefficient (Wildman–Crippen LogP) is 3.33. The molecule has 0 radical (unpaired) electrons. The summed E-state index contributed by atoms with van der Waals surface area (Å²) in [6, 6.07) is 8.14. The molecule has 1 atom stereocenters. The SMILES string of the molecule is CCCN1CC[C@@H](c2cc(COc3ccc(F)cc3)[nH]n2)C1. The van der Waals surface area contributed by atoms with Gasteiger partial charge < -0.3 is 9.64 Å². The monoisotopic (exact) mass is 303 g/mol. The normalized spacial score (nSPS) is 18.7. The molecule has 2 heterocycles. The van der Waals surface area contributed by atoms with Crippen LogP contribution in [-0.4, -0.2) is 34.7 Å². The second kappa shape index (κ2) is 6.92. The first kappa shape index (κ1) is 15.0. The average Bonchev–Trinajstić information content (AvgIpc) is 3.16. The van der Waals surface area contributed by atoms with E-state index in [4.69, 9.17) is 4.74 Å². The van der Waals surface area contributed by atoms with Gasteiger partial charge in [-0.15, -0.1) is 0 Å². The van der Waals surface area contributed by atoms with E-state index in [-0.39, 0.29) is 5.82 Å². The summed E-state index contributed by atoms with van der Waals surface area (Å²) in [5.74, 6) is 0.920. The number of aromatic nitrogens is 2. The third-order valence-corrected chi connectivity index (χ3v) is 4.09. The van der Waals surface area contributed by atoms with Gasteiger partial charge in [0.25, 0.3) is 0 Å². The highest BCUT2D eigenvalue weighted by molar-refractivity contribution is 5.23. The van der Waals surface area contributed by atoms with Crippen LogP contribution >= 0.6 is 0 Å². The third kappa shape index (κ3) is 3.65. The Balaban J connectivity index is 1.54. The lowest BCUT2D eigenvalue weighted by atomic mass is 10.1. The highest BCUT2D eigenvalue weighted by Crippen LogP contribution is 2.26. The average molecular weight is 303 g/mol. The van der Waals surface area contributed by atoms with Crippen LogP contribution < -0.4 is 4.74 Å². The van der Waals surface area contributed by atoms with Crippen molar-refractivity contribution in [2.45, 2.75) is 32.3 Å². The highest BCUT2D eigenvalue weighted by atomic mass is 19.1. The van der Waals surface area contributed by atoms with Crippen LogP contribution in [0.5, 0.6) is 5.75 Å². The van der Waals surface area contributed by atoms with E-state index in [1.165, 1.54) is 31.5 Å². The van der Waals surface area contributed by atoms with Crippen molar-refractivity contribution >= 4 is 0 Å². The Labute approximate surface area is 130 Å². The molecule has 1 aliphatic heterocycles. The number of benzene rings is 1. The summed E-state index contributed by atoms with van der Waals surface area (Å²) in [4.78, 5) is 2.49. The molecule has 0 spiro atoms. The van der Waals surface area contributed by atoms with Crippen LogP contribution in [0.15, 0.2) is 30.3 Å². The molecule has 1 saturated heterocycles. The van der Waals surface area contributed by atoms with Gasteiger partial charge >= 0.3 is 0 Å². The van der Waals surface area contributed by atoms with Gasteiger partial charge in [0.2, 0.25) is 0 Å². The number of nitrogens with zero attached hydrogens (tertiary/aromatic N) is 2. The van der Waals surface area contributed by atoms with E-state index in [1.54, 1.807) is 12.1 Å². The quantitative estimate of drug-likeness (QED) is 0.890. The Morgan fingerprint density at radius 3 is 2.95 bits per heavy atom. The van der Waals surface area contributed by atoms with Crippen LogP contribution in [0.3, 0.4) is 0 Å². The van der Waals surface area contributed by atoms with Crippen LogP contribution in [0.1, 0.15) is 37.1 Å². The Morgan fingerprint density at radius 2 is 2.18 bits per heavy atom. The van der Waals surface area contributed by atoms with E-state index in [0.717, 1.165) is 24.5 Å². The van der Waals surface area contributed by atoms with Gasteiger partial charge in [0.15, 0.2) is 0 Å². The molecular weight excluding hydrogens is 281 g/mol. The summed E-state index contributed by atoms with van der Waals surface area (Å²) in [5.41, 5.74) is 2.07. The Kier molecular flexibility index (Phi) is 4.73. The van der Waals surface area contributed by atoms with Crippen molar-refractivity contribution in [3.63, 3.8) is 0 Å². The van der Waals surface area contributed by atoms with Gasteiger partial charge in [-0.25, -0.2) is 4.39 Å². The molecule has 0 bridgehead atoms. The molecular formula is C17H22FN3O. The Bertz CT molecular complexity index is 596. The minimum Gasteiger partial charge on any atom is -0.487 e. The van der Waals surface area contributed by atoms with Crippen LogP contribution in [0, 0.1) is 5.82 Å². The summed E-state index contributed by atoms with van der Waals surface area (Å²) in [6.45, 7) is 6.06. The Morgan fingerprint density at radius 1 is 1.36 bits per heavy atom. The van der Waals surface area contributed by atoms with Crippen molar-refractivity contribution < 1.29 is 9.13 Å². The lowest BCUT2D eigenvalue weighted by Gasteiger charge is -2.13. The van der Waals surface area contributed by atoms with Crippen molar-refractivity contribution in [1.29, 1.82) is 0 Å². The first-order valence-electron chi connectivity index (χ1n) is 7.89. The fourth-order valence-corrected chi connectivity index (χ4v) is 2.95. The summed E-state index contributed by atoms with van der Waals surface area (Å²) in [5, 5.41) is 7.47. The topological polar surface area (TPSA) is 41.1 Å². The molecule has 4 nitrogen and oxygen atoms in total. The highest BCUT2D eigenvalue weighted by Gasteiger charge is 2.25. The van der Waals surface area contributed by atoms with E-state index >= 15 is 0 Å². The second-order valence-corrected chi connectivity index (χ2v) is 5.85. The maximum Gasteiger partial charge on any atom is 0.130 e. The van der Waals surface area contributed by atoms with Crippen molar-refractivity contribution in [1.82, 2.24) is 15.1 Å². The summed E-state index contributed by atoms with van der Waals surface area (Å²) in [6.07, 6.45) is 2.37. The van der Waals surface area contributed by atoms with Gasteiger partial charge in [-0.05, 0) is 56.3 Å². The van der Waals surface area contributed by atoms with Crippen molar-refractivity contribution in [2.75, 3.05) is 19.6 Å². The molecule has 22 heavy (non-hydrogen) atoms. The fraction of sp³-hybridized carbons (Fsp3) is 0.471. The molecule has 1 N–H and O–H groups in total. The maximum atomic E-state index is 12.8. The van der Waals surface area contributed by atoms with Gasteiger partial charge in [-0.2, -0.15) is 5.10 Å². The number of halogens is 1. The smallest absolute Gasteiger partial charge is 0.130 e. The molecule has 1 fully saturated rings. The molecule has 0 unspecified atom stereocenters. The number of rotatable bonds is 6. The number of H-pyrrole nitrogens is 1. The number of nitrogens with one attached hydrogen (secondary N) is 1. The minimum absolute atomic E-state index is 0.256. The lowest BCUT2D eigenvalue weighted by molar-refractivity contribution is 0.300. The third-order valence-electron chi connectivity index (χ3n) is 4.09. The molecule has 2 aromatic rings. The number of ether oxygens (including phenoxy) is 1. The van der Waals surface area contributed by atoms with E-state index in [9.17, 15) is 4.39 Å². The number of aromatic amines is 1. The molecule has 3 rings (SSSR count). The van der Waals surface area contributed by atoms with E-state index in [0.29, 0.717) is 18.3 Å². The standard InChI is InChI=1S/C17H22FN3O/c1-2-8-21-9-7-13(11-21)17-10-15(19-20-17)12-22-16-5-3-14(18)4-6-16/h3-6,10,13H,2,7-9,11-12H2,1H3,(H,19,20)/t13-/m1/s1. The maximum absolute atomic E-state index is 12.8. The van der Waals surface area contributed by atoms with Gasteiger partial charge in [0, 0.05) is 12.5 Å². The van der Waals surface area contributed by atoms with Crippen LogP contribution in [0.2, 0.25) is 0 Å². The van der Waals surface area contributed by atoms with Crippen LogP contribution in [-0.2, 0) is 6.61 Å². The summed E-state index contributed by atoms with van der Waals surface area (Å²) < 4.78 is 18.5. The molecule has 0 saturated carbocycles. The largest absolute Gasteiger partial charge is 0.487 e. The van der Waals surface area contributed by atoms with Gasteiger partial charge in [0.1, 0.15) is 18.2 Å². The van der Waals surface area contributed by atoms with Gasteiger partial charge in [0.05, 0.1) is 11.4 Å². The molecule has 1 aromatic carbocycles. The summed E-state index contributed by atoms with van der Waals surface area (Å²) in [7, 11) is 0. The number of hydrogen-bond acceptors (Lipinski definition) is 3. The van der Waals surface area contributed by atoms with E-state index in [2.05, 4.69) is 28.1 Å². The minimum atomic E-state index is -0.256. The zero-order valence-electron chi connectivity index (χ0n) is 12.9. The zero-order valence-corrected chi connectivity index (χ0v) is 12.9. The summed E-state index contributed by atoms with van der Waals surface area (Å²) >= 11 is 0. The van der Waals surface area contributed by atoms with Crippen molar-refractivity contribution in [3.05, 3.63) is 47.5 Å². The fourth-order valence-electron chi connectivity index (χ4n) is 2.95. The number of likely N-dealkylation sites (tertiary alicyclic amines) is 1. The second-order valence-electron chi connectivity index (χ2n) is 5.85. The van der Waals surface area contributed by atoms with Crippen LogP contribution in [0.25, 0.3) is 0 Å². The van der Waals surface area contributed by atoms with E-state index < -0.39 is 0 Å². The number of hydrogen-bond donors (Lipinski definition) is 1. The molecule has 0 amide bonds. The first-order chi connectivity index (χ1) is 10.7. The molecule has 118 valence electrons. The van der Waals surface area contributed by atoms with Gasteiger partial charge in [-0.3, -0.25) is 5.10 Å². The first-order valence-corrected chi connectivity index (χ1v) is 7.89. The van der Waals surface area contributed by atoms with Crippen LogP contribution in [0.4, 0.5) is 4.39 Å². The molecule has 1 aliphatic rings. The molecule has 1 aromatic heterocycles. The van der Waals surface area contributed by atoms with E-state index in [1.807, 2.05) is 0 Å². The van der Waals surface area contributed by atoms with Gasteiger partial charge in [-0.1, -0.05) is 6.92 Å². The van der Waals surface area contributed by atoms with Crippen molar-refractivity contribution in [2.24, 2.45) is 0 Å². The van der Waals surface area contributed by atoms with Crippen molar-refractivity contribution in [3.8, 4) is 5.75 Å².